The molecule has 1 saturated heterocycles. The van der Waals surface area contributed by atoms with E-state index in [0.717, 1.165) is 29.9 Å². The van der Waals surface area contributed by atoms with Gasteiger partial charge in [0.25, 0.3) is 5.91 Å². The second kappa shape index (κ2) is 9.05. The second-order valence-corrected chi connectivity index (χ2v) is 7.73. The van der Waals surface area contributed by atoms with Gasteiger partial charge in [0.2, 0.25) is 0 Å². The van der Waals surface area contributed by atoms with E-state index in [9.17, 15) is 18.0 Å². The van der Waals surface area contributed by atoms with Crippen LogP contribution < -0.4 is 4.74 Å². The Morgan fingerprint density at radius 3 is 2.72 bits per heavy atom. The molecular formula is C22H24F3N5O2. The van der Waals surface area contributed by atoms with Crippen molar-refractivity contribution in [1.82, 2.24) is 24.9 Å². The Morgan fingerprint density at radius 2 is 2.03 bits per heavy atom. The fraction of sp³-hybridized carbons (Fsp3) is 0.409. The Balaban J connectivity index is 1.27. The third-order valence-corrected chi connectivity index (χ3v) is 5.55. The number of aryl methyl sites for hydroxylation is 1. The number of aromatic nitrogens is 4. The van der Waals surface area contributed by atoms with E-state index in [1.807, 2.05) is 13.0 Å². The van der Waals surface area contributed by atoms with Crippen LogP contribution >= 0.6 is 0 Å². The molecule has 1 aliphatic rings. The molecular weight excluding hydrogens is 423 g/mol. The Kier molecular flexibility index (Phi) is 6.20. The molecule has 170 valence electrons. The lowest BCUT2D eigenvalue weighted by atomic mass is 10.0. The van der Waals surface area contributed by atoms with Crippen molar-refractivity contribution in [3.8, 4) is 5.75 Å². The molecule has 0 spiro atoms. The maximum atomic E-state index is 12.7. The van der Waals surface area contributed by atoms with Gasteiger partial charge in [0.05, 0.1) is 17.9 Å². The van der Waals surface area contributed by atoms with Crippen molar-refractivity contribution in [3.63, 3.8) is 0 Å². The topological polar surface area (TPSA) is 76.0 Å². The van der Waals surface area contributed by atoms with Crippen LogP contribution in [0.2, 0.25) is 0 Å². The van der Waals surface area contributed by atoms with Crippen molar-refractivity contribution >= 4 is 5.91 Å². The molecule has 1 aliphatic heterocycles. The average Bonchev–Trinajstić information content (AvgIpc) is 3.53. The molecule has 3 heterocycles. The number of rotatable bonds is 7. The van der Waals surface area contributed by atoms with Crippen molar-refractivity contribution < 1.29 is 22.7 Å². The van der Waals surface area contributed by atoms with E-state index < -0.39 is 11.7 Å². The first-order chi connectivity index (χ1) is 15.3. The number of H-pyrrole nitrogens is 1. The predicted octanol–water partition coefficient (Wildman–Crippen LogP) is 3.90. The number of nitrogens with one attached hydrogen (secondary N) is 1. The summed E-state index contributed by atoms with van der Waals surface area (Å²) >= 11 is 0. The number of carbonyl (C=O) groups excluding carboxylic acids is 1. The highest BCUT2D eigenvalue weighted by Gasteiger charge is 2.31. The van der Waals surface area contributed by atoms with E-state index in [2.05, 4.69) is 15.3 Å². The van der Waals surface area contributed by atoms with Crippen LogP contribution in [-0.4, -0.2) is 50.5 Å². The van der Waals surface area contributed by atoms with E-state index in [1.165, 1.54) is 12.1 Å². The Hall–Kier alpha value is -3.30. The lowest BCUT2D eigenvalue weighted by molar-refractivity contribution is -0.137. The summed E-state index contributed by atoms with van der Waals surface area (Å²) in [5, 5.41) is 11.7. The van der Waals surface area contributed by atoms with E-state index in [4.69, 9.17) is 4.74 Å². The van der Waals surface area contributed by atoms with Gasteiger partial charge in [-0.15, -0.1) is 0 Å². The zero-order valence-electron chi connectivity index (χ0n) is 17.6. The first-order valence-electron chi connectivity index (χ1n) is 10.5. The van der Waals surface area contributed by atoms with E-state index in [1.54, 1.807) is 21.8 Å². The molecule has 0 bridgehead atoms. The zero-order valence-corrected chi connectivity index (χ0v) is 17.6. The monoisotopic (exact) mass is 447 g/mol. The van der Waals surface area contributed by atoms with Crippen LogP contribution in [0.5, 0.6) is 5.75 Å². The summed E-state index contributed by atoms with van der Waals surface area (Å²) in [6, 6.07) is 8.33. The number of halogens is 3. The molecule has 0 aliphatic carbocycles. The van der Waals surface area contributed by atoms with Crippen LogP contribution in [0.25, 0.3) is 0 Å². The molecule has 0 unspecified atom stereocenters. The summed E-state index contributed by atoms with van der Waals surface area (Å²) in [5.41, 5.74) is 1.52. The van der Waals surface area contributed by atoms with E-state index in [0.29, 0.717) is 44.1 Å². The average molecular weight is 447 g/mol. The number of amides is 1. The van der Waals surface area contributed by atoms with Crippen molar-refractivity contribution in [3.05, 3.63) is 65.2 Å². The Morgan fingerprint density at radius 1 is 1.25 bits per heavy atom. The fourth-order valence-electron chi connectivity index (χ4n) is 3.74. The number of likely N-dealkylation sites (tertiary alicyclic amines) is 1. The maximum absolute atomic E-state index is 12.7. The van der Waals surface area contributed by atoms with Gasteiger partial charge < -0.3 is 9.64 Å². The molecule has 7 nitrogen and oxygen atoms in total. The largest absolute Gasteiger partial charge is 0.493 e. The summed E-state index contributed by atoms with van der Waals surface area (Å²) in [6.07, 6.45) is -1.19. The standard InChI is InChI=1S/C22H24F3N5O2/c1-2-30-11-8-19(28-30)21(31)29-10-7-15(14-29)20-13-17(26-27-20)9-12-32-18-5-3-16(4-6-18)22(23,24)25/h3-6,8,11,13,15H,2,7,9-10,12,14H2,1H3,(H,26,27)/t15-/m1/s1. The predicted molar refractivity (Wildman–Crippen MR) is 110 cm³/mol. The molecule has 3 aromatic rings. The molecule has 1 amide bonds. The van der Waals surface area contributed by atoms with Gasteiger partial charge in [-0.05, 0) is 49.7 Å². The number of hydrogen-bond acceptors (Lipinski definition) is 4. The SMILES string of the molecule is CCn1ccc(C(=O)N2CC[C@@H](c3cc(CCOc4ccc(C(F)(F)F)cc4)[nH]n3)C2)n1. The highest BCUT2D eigenvalue weighted by molar-refractivity contribution is 5.92. The summed E-state index contributed by atoms with van der Waals surface area (Å²) in [7, 11) is 0. The molecule has 2 aromatic heterocycles. The van der Waals surface area contributed by atoms with Crippen LogP contribution in [0.1, 0.15) is 46.7 Å². The Labute approximate surface area is 183 Å². The van der Waals surface area contributed by atoms with Gasteiger partial charge in [0, 0.05) is 43.9 Å². The van der Waals surface area contributed by atoms with Crippen LogP contribution in [0.3, 0.4) is 0 Å². The lowest BCUT2D eigenvalue weighted by Crippen LogP contribution is -2.29. The quantitative estimate of drug-likeness (QED) is 0.596. The first kappa shape index (κ1) is 21.9. The minimum absolute atomic E-state index is 0.0691. The van der Waals surface area contributed by atoms with Crippen LogP contribution in [0.15, 0.2) is 42.6 Å². The van der Waals surface area contributed by atoms with Gasteiger partial charge in [-0.3, -0.25) is 14.6 Å². The van der Waals surface area contributed by atoms with Gasteiger partial charge in [-0.2, -0.15) is 23.4 Å². The number of benzene rings is 1. The number of hydrogen-bond donors (Lipinski definition) is 1. The third kappa shape index (κ3) is 4.95. The molecule has 1 aromatic carbocycles. The fourth-order valence-corrected chi connectivity index (χ4v) is 3.74. The van der Waals surface area contributed by atoms with Crippen LogP contribution in [0, 0.1) is 0 Å². The molecule has 10 heteroatoms. The minimum atomic E-state index is -4.36. The lowest BCUT2D eigenvalue weighted by Gasteiger charge is -2.14. The summed E-state index contributed by atoms with van der Waals surface area (Å²) in [4.78, 5) is 14.5. The van der Waals surface area contributed by atoms with Crippen molar-refractivity contribution in [2.45, 2.75) is 38.4 Å². The minimum Gasteiger partial charge on any atom is -0.493 e. The van der Waals surface area contributed by atoms with E-state index in [-0.39, 0.29) is 11.8 Å². The molecule has 1 N–H and O–H groups in total. The van der Waals surface area contributed by atoms with Gasteiger partial charge in [0.1, 0.15) is 11.4 Å². The highest BCUT2D eigenvalue weighted by atomic mass is 19.4. The molecule has 0 saturated carbocycles. The second-order valence-electron chi connectivity index (χ2n) is 7.73. The van der Waals surface area contributed by atoms with Crippen molar-refractivity contribution in [2.24, 2.45) is 0 Å². The number of alkyl halides is 3. The van der Waals surface area contributed by atoms with Gasteiger partial charge in [-0.25, -0.2) is 0 Å². The number of ether oxygens (including phenoxy) is 1. The van der Waals surface area contributed by atoms with Gasteiger partial charge in [0.15, 0.2) is 0 Å². The number of carbonyl (C=O) groups is 1. The van der Waals surface area contributed by atoms with Crippen molar-refractivity contribution in [2.75, 3.05) is 19.7 Å². The summed E-state index contributed by atoms with van der Waals surface area (Å²) in [5.74, 6) is 0.460. The number of aromatic amines is 1. The first-order valence-corrected chi connectivity index (χ1v) is 10.5. The van der Waals surface area contributed by atoms with Gasteiger partial charge in [-0.1, -0.05) is 0 Å². The summed E-state index contributed by atoms with van der Waals surface area (Å²) in [6.45, 7) is 4.24. The molecule has 1 fully saturated rings. The van der Waals surface area contributed by atoms with Crippen LogP contribution in [-0.2, 0) is 19.1 Å². The molecule has 1 atom stereocenters. The van der Waals surface area contributed by atoms with E-state index >= 15 is 0 Å². The van der Waals surface area contributed by atoms with Crippen molar-refractivity contribution in [1.29, 1.82) is 0 Å². The maximum Gasteiger partial charge on any atom is 0.416 e. The highest BCUT2D eigenvalue weighted by Crippen LogP contribution is 2.30. The molecule has 4 rings (SSSR count). The molecule has 32 heavy (non-hydrogen) atoms. The number of nitrogens with zero attached hydrogens (tertiary/aromatic N) is 4. The zero-order chi connectivity index (χ0) is 22.7. The Bertz CT molecular complexity index is 1060. The van der Waals surface area contributed by atoms with Crippen LogP contribution in [0.4, 0.5) is 13.2 Å². The normalized spacial score (nSPS) is 16.5. The smallest absolute Gasteiger partial charge is 0.416 e. The molecule has 0 radical (unpaired) electrons. The summed E-state index contributed by atoms with van der Waals surface area (Å²) < 4.78 is 45.1. The van der Waals surface area contributed by atoms with Gasteiger partial charge >= 0.3 is 6.18 Å². The third-order valence-electron chi connectivity index (χ3n) is 5.55.